The van der Waals surface area contributed by atoms with E-state index in [1.54, 1.807) is 12.3 Å². The summed E-state index contributed by atoms with van der Waals surface area (Å²) >= 11 is 0. The maximum absolute atomic E-state index is 12.0. The number of hydrogen-bond acceptors (Lipinski definition) is 5. The maximum atomic E-state index is 12.0. The number of morpholine rings is 1. The van der Waals surface area contributed by atoms with Crippen LogP contribution in [0.3, 0.4) is 0 Å². The molecule has 0 spiro atoms. The van der Waals surface area contributed by atoms with Gasteiger partial charge in [-0.1, -0.05) is 0 Å². The summed E-state index contributed by atoms with van der Waals surface area (Å²) in [6.07, 6.45) is 1.64. The van der Waals surface area contributed by atoms with Gasteiger partial charge in [0.2, 0.25) is 0 Å². The van der Waals surface area contributed by atoms with E-state index in [-0.39, 0.29) is 5.91 Å². The fourth-order valence-electron chi connectivity index (χ4n) is 1.81. The molecular formula is C14H21N3O3. The summed E-state index contributed by atoms with van der Waals surface area (Å²) in [6.45, 7) is 8.65. The number of nitrogens with zero attached hydrogens (tertiary/aromatic N) is 2. The largest absolute Gasteiger partial charge is 0.378 e. The van der Waals surface area contributed by atoms with Crippen LogP contribution in [0.15, 0.2) is 18.3 Å². The van der Waals surface area contributed by atoms with Crippen molar-refractivity contribution >= 4 is 11.6 Å². The smallest absolute Gasteiger partial charge is 0.293 e. The fraction of sp³-hybridized carbons (Fsp3) is 0.571. The molecule has 0 aromatic carbocycles. The Hall–Kier alpha value is -1.66. The second kappa shape index (κ2) is 6.19. The zero-order valence-corrected chi connectivity index (χ0v) is 12.2. The first-order valence-electron chi connectivity index (χ1n) is 6.73. The van der Waals surface area contributed by atoms with Gasteiger partial charge in [0, 0.05) is 25.0 Å². The van der Waals surface area contributed by atoms with Gasteiger partial charge in [0.15, 0.2) is 0 Å². The Balaban J connectivity index is 2.03. The molecule has 6 nitrogen and oxygen atoms in total. The Morgan fingerprint density at radius 2 is 2.10 bits per heavy atom. The van der Waals surface area contributed by atoms with Crippen molar-refractivity contribution in [1.29, 1.82) is 0 Å². The molecule has 0 atom stereocenters. The molecule has 0 bridgehead atoms. The highest BCUT2D eigenvalue weighted by Crippen LogP contribution is 2.16. The lowest BCUT2D eigenvalue weighted by Gasteiger charge is -2.28. The Morgan fingerprint density at radius 3 is 2.75 bits per heavy atom. The maximum Gasteiger partial charge on any atom is 0.293 e. The molecule has 1 aliphatic rings. The lowest BCUT2D eigenvalue weighted by molar-refractivity contribution is -0.0591. The summed E-state index contributed by atoms with van der Waals surface area (Å²) in [7, 11) is 0. The van der Waals surface area contributed by atoms with Gasteiger partial charge in [-0.2, -0.15) is 0 Å². The van der Waals surface area contributed by atoms with Gasteiger partial charge in [-0.3, -0.25) is 14.6 Å². The van der Waals surface area contributed by atoms with Crippen molar-refractivity contribution in [3.8, 4) is 0 Å². The van der Waals surface area contributed by atoms with Crippen molar-refractivity contribution in [2.75, 3.05) is 31.2 Å². The molecule has 0 aliphatic carbocycles. The molecule has 0 unspecified atom stereocenters. The van der Waals surface area contributed by atoms with Crippen molar-refractivity contribution in [1.82, 2.24) is 10.5 Å². The molecule has 20 heavy (non-hydrogen) atoms. The molecule has 1 aliphatic heterocycles. The lowest BCUT2D eigenvalue weighted by atomic mass is 10.2. The van der Waals surface area contributed by atoms with E-state index in [2.05, 4.69) is 15.4 Å². The lowest BCUT2D eigenvalue weighted by Crippen LogP contribution is -2.37. The van der Waals surface area contributed by atoms with Gasteiger partial charge in [-0.05, 0) is 32.9 Å². The molecule has 1 N–H and O–H groups in total. The van der Waals surface area contributed by atoms with Crippen LogP contribution in [0.25, 0.3) is 0 Å². The van der Waals surface area contributed by atoms with Crippen molar-refractivity contribution in [2.24, 2.45) is 0 Å². The van der Waals surface area contributed by atoms with Crippen LogP contribution in [0.5, 0.6) is 0 Å². The number of rotatable bonds is 3. The SMILES string of the molecule is CC(C)(C)ONC(=O)c1cc(N2CCOCC2)ccn1. The average Bonchev–Trinajstić information content (AvgIpc) is 2.45. The third kappa shape index (κ3) is 4.18. The standard InChI is InChI=1S/C14H21N3O3/c1-14(2,3)20-16-13(18)12-10-11(4-5-15-12)17-6-8-19-9-7-17/h4-5,10H,6-9H2,1-3H3,(H,16,18). The van der Waals surface area contributed by atoms with Crippen LogP contribution < -0.4 is 10.4 Å². The normalized spacial score (nSPS) is 16.1. The van der Waals surface area contributed by atoms with Crippen molar-refractivity contribution in [3.05, 3.63) is 24.0 Å². The van der Waals surface area contributed by atoms with Crippen LogP contribution >= 0.6 is 0 Å². The molecule has 2 heterocycles. The Labute approximate surface area is 119 Å². The van der Waals surface area contributed by atoms with E-state index in [1.165, 1.54) is 0 Å². The molecule has 0 saturated carbocycles. The first-order chi connectivity index (χ1) is 9.46. The van der Waals surface area contributed by atoms with Crippen LogP contribution in [0.4, 0.5) is 5.69 Å². The molecule has 2 rings (SSSR count). The molecule has 1 aromatic heterocycles. The van der Waals surface area contributed by atoms with Crippen LogP contribution in [0.1, 0.15) is 31.3 Å². The number of hydrogen-bond donors (Lipinski definition) is 1. The minimum atomic E-state index is -0.433. The first kappa shape index (κ1) is 14.7. The molecule has 6 heteroatoms. The first-order valence-corrected chi connectivity index (χ1v) is 6.73. The minimum absolute atomic E-state index is 0.338. The van der Waals surface area contributed by atoms with E-state index in [9.17, 15) is 4.79 Å². The van der Waals surface area contributed by atoms with Crippen LogP contribution in [-0.2, 0) is 9.57 Å². The van der Waals surface area contributed by atoms with E-state index in [4.69, 9.17) is 9.57 Å². The predicted molar refractivity (Wildman–Crippen MR) is 75.6 cm³/mol. The molecule has 1 aromatic rings. The van der Waals surface area contributed by atoms with Crippen LogP contribution in [0.2, 0.25) is 0 Å². The van der Waals surface area contributed by atoms with E-state index in [1.807, 2.05) is 26.8 Å². The van der Waals surface area contributed by atoms with E-state index < -0.39 is 5.60 Å². The van der Waals surface area contributed by atoms with Crippen LogP contribution in [0, 0.1) is 0 Å². The highest BCUT2D eigenvalue weighted by molar-refractivity contribution is 5.92. The predicted octanol–water partition coefficient (Wildman–Crippen LogP) is 1.38. The number of carbonyl (C=O) groups is 1. The number of pyridine rings is 1. The summed E-state index contributed by atoms with van der Waals surface area (Å²) < 4.78 is 5.32. The number of anilines is 1. The summed E-state index contributed by atoms with van der Waals surface area (Å²) in [4.78, 5) is 23.5. The number of nitrogens with one attached hydrogen (secondary N) is 1. The fourth-order valence-corrected chi connectivity index (χ4v) is 1.81. The Bertz CT molecular complexity index is 465. The summed E-state index contributed by atoms with van der Waals surface area (Å²) in [5, 5.41) is 0. The molecule has 1 fully saturated rings. The summed E-state index contributed by atoms with van der Waals surface area (Å²) in [5.41, 5.74) is 3.31. The van der Waals surface area contributed by atoms with E-state index in [0.717, 1.165) is 18.8 Å². The minimum Gasteiger partial charge on any atom is -0.378 e. The molecule has 110 valence electrons. The van der Waals surface area contributed by atoms with Gasteiger partial charge in [-0.25, -0.2) is 5.48 Å². The summed E-state index contributed by atoms with van der Waals surface area (Å²) in [6, 6.07) is 3.67. The molecular weight excluding hydrogens is 258 g/mol. The van der Waals surface area contributed by atoms with Crippen LogP contribution in [-0.4, -0.2) is 42.8 Å². The Morgan fingerprint density at radius 1 is 1.40 bits per heavy atom. The third-order valence-corrected chi connectivity index (χ3v) is 2.80. The average molecular weight is 279 g/mol. The molecule has 1 amide bonds. The van der Waals surface area contributed by atoms with Gasteiger partial charge in [-0.15, -0.1) is 0 Å². The van der Waals surface area contributed by atoms with Crippen molar-refractivity contribution in [2.45, 2.75) is 26.4 Å². The highest BCUT2D eigenvalue weighted by atomic mass is 16.7. The monoisotopic (exact) mass is 279 g/mol. The van der Waals surface area contributed by atoms with Gasteiger partial charge < -0.3 is 9.64 Å². The number of ether oxygens (including phenoxy) is 1. The van der Waals surface area contributed by atoms with E-state index >= 15 is 0 Å². The highest BCUT2D eigenvalue weighted by Gasteiger charge is 2.17. The second-order valence-electron chi connectivity index (χ2n) is 5.64. The number of carbonyl (C=O) groups excluding carboxylic acids is 1. The quantitative estimate of drug-likeness (QED) is 0.847. The molecule has 0 radical (unpaired) electrons. The second-order valence-corrected chi connectivity index (χ2v) is 5.64. The van der Waals surface area contributed by atoms with Gasteiger partial charge >= 0.3 is 0 Å². The Kier molecular flexibility index (Phi) is 4.57. The molecule has 1 saturated heterocycles. The van der Waals surface area contributed by atoms with E-state index in [0.29, 0.717) is 18.9 Å². The third-order valence-electron chi connectivity index (χ3n) is 2.80. The number of amides is 1. The number of hydroxylamine groups is 1. The zero-order chi connectivity index (χ0) is 14.6. The van der Waals surface area contributed by atoms with Gasteiger partial charge in [0.1, 0.15) is 5.69 Å². The zero-order valence-electron chi connectivity index (χ0n) is 12.2. The van der Waals surface area contributed by atoms with Crippen molar-refractivity contribution < 1.29 is 14.4 Å². The van der Waals surface area contributed by atoms with Gasteiger partial charge in [0.05, 0.1) is 18.8 Å². The van der Waals surface area contributed by atoms with Gasteiger partial charge in [0.25, 0.3) is 5.91 Å². The topological polar surface area (TPSA) is 63.7 Å². The van der Waals surface area contributed by atoms with Crippen molar-refractivity contribution in [3.63, 3.8) is 0 Å². The summed E-state index contributed by atoms with van der Waals surface area (Å²) in [5.74, 6) is -0.338. The number of aromatic nitrogens is 1.